The van der Waals surface area contributed by atoms with Crippen LogP contribution in [0, 0.1) is 5.92 Å². The Morgan fingerprint density at radius 1 is 1.50 bits per heavy atom. The quantitative estimate of drug-likeness (QED) is 0.790. The second-order valence-corrected chi connectivity index (χ2v) is 4.84. The molecule has 1 atom stereocenters. The van der Waals surface area contributed by atoms with Gasteiger partial charge in [-0.25, -0.2) is 0 Å². The highest BCUT2D eigenvalue weighted by atomic mass is 32.1. The SMILES string of the molecule is OCC1CCCC/C1=C/c1cccs1. The fourth-order valence-electron chi connectivity index (χ4n) is 2.06. The molecule has 0 radical (unpaired) electrons. The summed E-state index contributed by atoms with van der Waals surface area (Å²) in [7, 11) is 0. The number of aliphatic hydroxyl groups excluding tert-OH is 1. The van der Waals surface area contributed by atoms with Crippen molar-refractivity contribution < 1.29 is 5.11 Å². The van der Waals surface area contributed by atoms with Crippen LogP contribution in [0.15, 0.2) is 23.1 Å². The average Bonchev–Trinajstić information content (AvgIpc) is 2.71. The van der Waals surface area contributed by atoms with E-state index in [0.717, 1.165) is 6.42 Å². The van der Waals surface area contributed by atoms with Crippen LogP contribution in [-0.4, -0.2) is 11.7 Å². The van der Waals surface area contributed by atoms with Crippen molar-refractivity contribution in [1.82, 2.24) is 0 Å². The van der Waals surface area contributed by atoms with E-state index in [1.54, 1.807) is 11.3 Å². The fraction of sp³-hybridized carbons (Fsp3) is 0.500. The Kier molecular flexibility index (Phi) is 3.38. The van der Waals surface area contributed by atoms with Gasteiger partial charge in [0.25, 0.3) is 0 Å². The minimum atomic E-state index is 0.317. The molecule has 0 aliphatic heterocycles. The van der Waals surface area contributed by atoms with Crippen LogP contribution < -0.4 is 0 Å². The molecule has 1 N–H and O–H groups in total. The van der Waals surface area contributed by atoms with Crippen LogP contribution >= 0.6 is 11.3 Å². The van der Waals surface area contributed by atoms with Crippen LogP contribution in [0.5, 0.6) is 0 Å². The van der Waals surface area contributed by atoms with E-state index in [1.165, 1.54) is 29.7 Å². The van der Waals surface area contributed by atoms with Gasteiger partial charge in [0.05, 0.1) is 0 Å². The zero-order valence-corrected chi connectivity index (χ0v) is 9.09. The number of hydrogen-bond donors (Lipinski definition) is 1. The summed E-state index contributed by atoms with van der Waals surface area (Å²) in [5.41, 5.74) is 1.45. The standard InChI is InChI=1S/C12H16OS/c13-9-11-5-2-1-4-10(11)8-12-6-3-7-14-12/h3,6-8,11,13H,1-2,4-5,9H2/b10-8-. The highest BCUT2D eigenvalue weighted by Crippen LogP contribution is 2.31. The van der Waals surface area contributed by atoms with E-state index in [1.807, 2.05) is 0 Å². The van der Waals surface area contributed by atoms with Crippen molar-refractivity contribution in [2.24, 2.45) is 5.92 Å². The molecule has 1 aromatic rings. The lowest BCUT2D eigenvalue weighted by molar-refractivity contribution is 0.226. The summed E-state index contributed by atoms with van der Waals surface area (Å²) in [5, 5.41) is 11.4. The smallest absolute Gasteiger partial charge is 0.0496 e. The number of rotatable bonds is 2. The molecule has 1 heterocycles. The van der Waals surface area contributed by atoms with Crippen LogP contribution in [0.3, 0.4) is 0 Å². The molecule has 76 valence electrons. The Morgan fingerprint density at radius 3 is 3.14 bits per heavy atom. The van der Waals surface area contributed by atoms with Gasteiger partial charge in [0.1, 0.15) is 0 Å². The Labute approximate surface area is 89.1 Å². The second-order valence-electron chi connectivity index (χ2n) is 3.86. The third-order valence-corrected chi connectivity index (χ3v) is 3.70. The molecular weight excluding hydrogens is 192 g/mol. The number of hydrogen-bond acceptors (Lipinski definition) is 2. The highest BCUT2D eigenvalue weighted by molar-refractivity contribution is 7.10. The van der Waals surface area contributed by atoms with E-state index in [9.17, 15) is 5.11 Å². The van der Waals surface area contributed by atoms with Crippen LogP contribution in [0.1, 0.15) is 30.6 Å². The summed E-state index contributed by atoms with van der Waals surface area (Å²) in [5.74, 6) is 0.422. The van der Waals surface area contributed by atoms with E-state index in [0.29, 0.717) is 12.5 Å². The van der Waals surface area contributed by atoms with Gasteiger partial charge < -0.3 is 5.11 Å². The van der Waals surface area contributed by atoms with Gasteiger partial charge in [-0.1, -0.05) is 18.1 Å². The van der Waals surface area contributed by atoms with Gasteiger partial charge in [-0.15, -0.1) is 11.3 Å². The maximum Gasteiger partial charge on any atom is 0.0496 e. The zero-order valence-electron chi connectivity index (χ0n) is 8.28. The molecule has 0 aromatic carbocycles. The zero-order chi connectivity index (χ0) is 9.80. The first-order valence-electron chi connectivity index (χ1n) is 5.25. The maximum atomic E-state index is 9.25. The van der Waals surface area contributed by atoms with Gasteiger partial charge in [-0.2, -0.15) is 0 Å². The third kappa shape index (κ3) is 2.25. The van der Waals surface area contributed by atoms with Crippen molar-refractivity contribution in [2.45, 2.75) is 25.7 Å². The lowest BCUT2D eigenvalue weighted by atomic mass is 9.84. The molecule has 0 bridgehead atoms. The van der Waals surface area contributed by atoms with Crippen LogP contribution in [0.25, 0.3) is 6.08 Å². The summed E-state index contributed by atoms with van der Waals surface area (Å²) in [6.45, 7) is 0.317. The van der Waals surface area contributed by atoms with Gasteiger partial charge in [-0.05, 0) is 36.8 Å². The van der Waals surface area contributed by atoms with Crippen molar-refractivity contribution in [3.05, 3.63) is 28.0 Å². The molecule has 0 saturated heterocycles. The predicted octanol–water partition coefficient (Wildman–Crippen LogP) is 3.31. The Morgan fingerprint density at radius 2 is 2.43 bits per heavy atom. The van der Waals surface area contributed by atoms with Crippen molar-refractivity contribution in [1.29, 1.82) is 0 Å². The monoisotopic (exact) mass is 208 g/mol. The van der Waals surface area contributed by atoms with Gasteiger partial charge in [0, 0.05) is 17.4 Å². The molecule has 0 spiro atoms. The molecule has 1 aliphatic carbocycles. The number of thiophene rings is 1. The van der Waals surface area contributed by atoms with Crippen LogP contribution in [0.4, 0.5) is 0 Å². The molecular formula is C12H16OS. The highest BCUT2D eigenvalue weighted by Gasteiger charge is 2.17. The summed E-state index contributed by atoms with van der Waals surface area (Å²) in [6.07, 6.45) is 7.16. The maximum absolute atomic E-state index is 9.25. The molecule has 1 saturated carbocycles. The summed E-state index contributed by atoms with van der Waals surface area (Å²) in [4.78, 5) is 1.32. The first-order chi connectivity index (χ1) is 6.90. The fourth-order valence-corrected chi connectivity index (χ4v) is 2.75. The van der Waals surface area contributed by atoms with E-state index in [4.69, 9.17) is 0 Å². The molecule has 1 fully saturated rings. The third-order valence-electron chi connectivity index (χ3n) is 2.88. The average molecular weight is 208 g/mol. The lowest BCUT2D eigenvalue weighted by Gasteiger charge is -2.23. The molecule has 1 nitrogen and oxygen atoms in total. The van der Waals surface area contributed by atoms with E-state index in [2.05, 4.69) is 23.6 Å². The van der Waals surface area contributed by atoms with Gasteiger partial charge in [-0.3, -0.25) is 0 Å². The minimum absolute atomic E-state index is 0.317. The lowest BCUT2D eigenvalue weighted by Crippen LogP contribution is -2.13. The van der Waals surface area contributed by atoms with Crippen molar-refractivity contribution >= 4 is 17.4 Å². The number of aliphatic hydroxyl groups is 1. The molecule has 2 heteroatoms. The summed E-state index contributed by atoms with van der Waals surface area (Å²) in [6, 6.07) is 4.22. The second kappa shape index (κ2) is 4.76. The topological polar surface area (TPSA) is 20.2 Å². The van der Waals surface area contributed by atoms with E-state index < -0.39 is 0 Å². The van der Waals surface area contributed by atoms with E-state index >= 15 is 0 Å². The first kappa shape index (κ1) is 9.94. The largest absolute Gasteiger partial charge is 0.396 e. The molecule has 0 amide bonds. The summed E-state index contributed by atoms with van der Waals surface area (Å²) < 4.78 is 0. The molecule has 2 rings (SSSR count). The first-order valence-corrected chi connectivity index (χ1v) is 6.13. The molecule has 1 aromatic heterocycles. The normalized spacial score (nSPS) is 25.5. The van der Waals surface area contributed by atoms with Gasteiger partial charge in [0.2, 0.25) is 0 Å². The Balaban J connectivity index is 2.14. The molecule has 14 heavy (non-hydrogen) atoms. The van der Waals surface area contributed by atoms with E-state index in [-0.39, 0.29) is 0 Å². The van der Waals surface area contributed by atoms with Crippen LogP contribution in [-0.2, 0) is 0 Å². The van der Waals surface area contributed by atoms with Crippen LogP contribution in [0.2, 0.25) is 0 Å². The predicted molar refractivity (Wildman–Crippen MR) is 61.3 cm³/mol. The Bertz CT molecular complexity index is 300. The summed E-state index contributed by atoms with van der Waals surface area (Å²) >= 11 is 1.77. The van der Waals surface area contributed by atoms with Crippen molar-refractivity contribution in [2.75, 3.05) is 6.61 Å². The van der Waals surface area contributed by atoms with Gasteiger partial charge >= 0.3 is 0 Å². The molecule has 1 aliphatic rings. The Hall–Kier alpha value is -0.600. The molecule has 1 unspecified atom stereocenters. The van der Waals surface area contributed by atoms with Crippen molar-refractivity contribution in [3.8, 4) is 0 Å². The van der Waals surface area contributed by atoms with Crippen molar-refractivity contribution in [3.63, 3.8) is 0 Å². The minimum Gasteiger partial charge on any atom is -0.396 e. The van der Waals surface area contributed by atoms with Gasteiger partial charge in [0.15, 0.2) is 0 Å².